The minimum absolute atomic E-state index is 0.185. The molecule has 1 aliphatic carbocycles. The number of hydrogen-bond acceptors (Lipinski definition) is 3. The highest BCUT2D eigenvalue weighted by Gasteiger charge is 2.28. The molecule has 0 aromatic heterocycles. The molecule has 3 N–H and O–H groups in total. The number of primary amides is 1. The number of amides is 1. The van der Waals surface area contributed by atoms with Gasteiger partial charge in [-0.05, 0) is 30.4 Å². The Morgan fingerprint density at radius 1 is 1.47 bits per heavy atom. The molecule has 0 radical (unpaired) electrons. The Bertz CT molecular complexity index is 563. The Labute approximate surface area is 110 Å². The van der Waals surface area contributed by atoms with Crippen molar-refractivity contribution >= 4 is 24.0 Å². The molecule has 1 amide bonds. The molecule has 5 heteroatoms. The normalized spacial score (nSPS) is 15.2. The zero-order chi connectivity index (χ0) is 14.0. The average Bonchev–Trinajstić information content (AvgIpc) is 3.20. The summed E-state index contributed by atoms with van der Waals surface area (Å²) in [5.74, 6) is -0.871. The van der Waals surface area contributed by atoms with Crippen LogP contribution in [0.15, 0.2) is 17.7 Å². The Kier molecular flexibility index (Phi) is 3.64. The van der Waals surface area contributed by atoms with Crippen LogP contribution >= 0.6 is 0 Å². The molecule has 0 heterocycles. The lowest BCUT2D eigenvalue weighted by molar-refractivity contribution is -0.116. The molecule has 1 aliphatic rings. The number of carbonyl (C=O) groups excluding carboxylic acids is 2. The van der Waals surface area contributed by atoms with Gasteiger partial charge in [0.15, 0.2) is 6.29 Å². The van der Waals surface area contributed by atoms with E-state index in [1.54, 1.807) is 19.2 Å². The van der Waals surface area contributed by atoms with Gasteiger partial charge in [-0.25, -0.2) is 4.39 Å². The Hall–Kier alpha value is -2.17. The second-order valence-corrected chi connectivity index (χ2v) is 4.54. The van der Waals surface area contributed by atoms with Gasteiger partial charge in [-0.3, -0.25) is 9.59 Å². The van der Waals surface area contributed by atoms with E-state index >= 15 is 0 Å². The highest BCUT2D eigenvalue weighted by Crippen LogP contribution is 2.43. The molecule has 0 aliphatic heterocycles. The summed E-state index contributed by atoms with van der Waals surface area (Å²) in [4.78, 5) is 21.8. The van der Waals surface area contributed by atoms with E-state index in [1.807, 2.05) is 0 Å². The highest BCUT2D eigenvalue weighted by molar-refractivity contribution is 6.14. The topological polar surface area (TPSA) is 72.2 Å². The summed E-state index contributed by atoms with van der Waals surface area (Å²) < 4.78 is 14.3. The van der Waals surface area contributed by atoms with E-state index in [-0.39, 0.29) is 23.0 Å². The molecule has 0 saturated heterocycles. The van der Waals surface area contributed by atoms with E-state index in [4.69, 9.17) is 5.73 Å². The van der Waals surface area contributed by atoms with Crippen LogP contribution in [0.5, 0.6) is 0 Å². The summed E-state index contributed by atoms with van der Waals surface area (Å²) in [7, 11) is 1.59. The molecule has 1 aromatic rings. The summed E-state index contributed by atoms with van der Waals surface area (Å²) in [6.45, 7) is 0. The zero-order valence-electron chi connectivity index (χ0n) is 10.6. The fourth-order valence-electron chi connectivity index (χ4n) is 2.02. The van der Waals surface area contributed by atoms with Gasteiger partial charge in [-0.15, -0.1) is 0 Å². The van der Waals surface area contributed by atoms with Crippen molar-refractivity contribution in [2.45, 2.75) is 18.8 Å². The third kappa shape index (κ3) is 2.65. The second kappa shape index (κ2) is 5.22. The Morgan fingerprint density at radius 2 is 2.16 bits per heavy atom. The van der Waals surface area contributed by atoms with Gasteiger partial charge in [0, 0.05) is 12.6 Å². The third-order valence-corrected chi connectivity index (χ3v) is 3.19. The zero-order valence-corrected chi connectivity index (χ0v) is 10.6. The van der Waals surface area contributed by atoms with Gasteiger partial charge in [-0.1, -0.05) is 12.1 Å². The molecule has 2 rings (SSSR count). The van der Waals surface area contributed by atoms with Crippen LogP contribution < -0.4 is 11.1 Å². The summed E-state index contributed by atoms with van der Waals surface area (Å²) in [6, 6.07) is 3.39. The lowest BCUT2D eigenvalue weighted by Gasteiger charge is -2.11. The van der Waals surface area contributed by atoms with Crippen molar-refractivity contribution in [2.24, 2.45) is 5.73 Å². The van der Waals surface area contributed by atoms with E-state index in [9.17, 15) is 14.0 Å². The van der Waals surface area contributed by atoms with Crippen LogP contribution in [0.3, 0.4) is 0 Å². The first-order valence-electron chi connectivity index (χ1n) is 6.05. The van der Waals surface area contributed by atoms with Gasteiger partial charge in [0.2, 0.25) is 0 Å². The minimum atomic E-state index is -0.830. The maximum atomic E-state index is 14.3. The molecule has 0 atom stereocenters. The molecular weight excluding hydrogens is 247 g/mol. The van der Waals surface area contributed by atoms with Crippen molar-refractivity contribution in [3.05, 3.63) is 34.6 Å². The van der Waals surface area contributed by atoms with Crippen LogP contribution in [0.1, 0.15) is 29.9 Å². The molecule has 0 bridgehead atoms. The van der Waals surface area contributed by atoms with E-state index in [2.05, 4.69) is 5.32 Å². The van der Waals surface area contributed by atoms with Crippen LogP contribution in [-0.4, -0.2) is 19.2 Å². The van der Waals surface area contributed by atoms with Gasteiger partial charge in [-0.2, -0.15) is 0 Å². The number of nitrogens with one attached hydrogen (secondary N) is 1. The van der Waals surface area contributed by atoms with Crippen LogP contribution in [0.2, 0.25) is 0 Å². The first-order chi connectivity index (χ1) is 9.08. The minimum Gasteiger partial charge on any atom is -0.385 e. The molecule has 100 valence electrons. The number of rotatable bonds is 5. The molecule has 0 spiro atoms. The number of carbonyl (C=O) groups is 2. The van der Waals surface area contributed by atoms with Crippen molar-refractivity contribution in [2.75, 3.05) is 12.4 Å². The van der Waals surface area contributed by atoms with Crippen molar-refractivity contribution in [1.29, 1.82) is 0 Å². The summed E-state index contributed by atoms with van der Waals surface area (Å²) in [5, 5.41) is 2.77. The molecule has 0 unspecified atom stereocenters. The van der Waals surface area contributed by atoms with E-state index in [1.165, 1.54) is 6.08 Å². The maximum Gasteiger partial charge on any atom is 0.252 e. The van der Waals surface area contributed by atoms with Gasteiger partial charge in [0.25, 0.3) is 5.91 Å². The van der Waals surface area contributed by atoms with Crippen LogP contribution in [0, 0.1) is 5.82 Å². The van der Waals surface area contributed by atoms with Crippen LogP contribution in [0.25, 0.3) is 6.08 Å². The number of halogens is 1. The predicted molar refractivity (Wildman–Crippen MR) is 71.2 cm³/mol. The van der Waals surface area contributed by atoms with Gasteiger partial charge < -0.3 is 11.1 Å². The number of aldehydes is 1. The fourth-order valence-corrected chi connectivity index (χ4v) is 2.02. The van der Waals surface area contributed by atoms with Crippen LogP contribution in [-0.2, 0) is 9.59 Å². The van der Waals surface area contributed by atoms with Gasteiger partial charge in [0.05, 0.1) is 11.3 Å². The summed E-state index contributed by atoms with van der Waals surface area (Å²) in [5.41, 5.74) is 6.27. The van der Waals surface area contributed by atoms with Crippen molar-refractivity contribution < 1.29 is 14.0 Å². The molecule has 1 fully saturated rings. The van der Waals surface area contributed by atoms with Gasteiger partial charge in [0.1, 0.15) is 5.82 Å². The Balaban J connectivity index is 2.49. The van der Waals surface area contributed by atoms with Crippen molar-refractivity contribution in [3.63, 3.8) is 0 Å². The van der Waals surface area contributed by atoms with E-state index in [0.717, 1.165) is 12.8 Å². The van der Waals surface area contributed by atoms with Crippen LogP contribution in [0.4, 0.5) is 10.1 Å². The third-order valence-electron chi connectivity index (χ3n) is 3.19. The first kappa shape index (κ1) is 13.3. The number of hydrogen-bond donors (Lipinski definition) is 2. The number of nitrogens with two attached hydrogens (primary N) is 1. The average molecular weight is 262 g/mol. The predicted octanol–water partition coefficient (Wildman–Crippen LogP) is 1.81. The maximum absolute atomic E-state index is 14.3. The van der Waals surface area contributed by atoms with E-state index < -0.39 is 5.91 Å². The molecule has 1 saturated carbocycles. The summed E-state index contributed by atoms with van der Waals surface area (Å²) >= 11 is 0. The quantitative estimate of drug-likeness (QED) is 0.368. The van der Waals surface area contributed by atoms with Crippen molar-refractivity contribution in [3.8, 4) is 0 Å². The molecule has 19 heavy (non-hydrogen) atoms. The standard InChI is InChI=1S/C14H15FN2O2/c1-17-13-9(6-10(7-18)14(16)19)4-5-11(12(13)15)8-2-3-8/h4-8,17H,2-3H2,1H3,(H2,16,19)/b10-6+. The molecular formula is C14H15FN2O2. The summed E-state index contributed by atoms with van der Waals surface area (Å²) in [6.07, 6.45) is 3.65. The molecule has 1 aromatic carbocycles. The number of anilines is 1. The Morgan fingerprint density at radius 3 is 2.63 bits per heavy atom. The SMILES string of the molecule is CNc1c(/C=C(\C=O)C(N)=O)ccc(C2CC2)c1F. The van der Waals surface area contributed by atoms with E-state index in [0.29, 0.717) is 17.4 Å². The lowest BCUT2D eigenvalue weighted by atomic mass is 10.0. The van der Waals surface area contributed by atoms with Gasteiger partial charge >= 0.3 is 0 Å². The largest absolute Gasteiger partial charge is 0.385 e. The highest BCUT2D eigenvalue weighted by atomic mass is 19.1. The van der Waals surface area contributed by atoms with Crippen molar-refractivity contribution in [1.82, 2.24) is 0 Å². The molecule has 4 nitrogen and oxygen atoms in total. The smallest absolute Gasteiger partial charge is 0.252 e. The number of benzene rings is 1. The fraction of sp³-hybridized carbons (Fsp3) is 0.286. The monoisotopic (exact) mass is 262 g/mol. The second-order valence-electron chi connectivity index (χ2n) is 4.54. The first-order valence-corrected chi connectivity index (χ1v) is 6.05. The lowest BCUT2D eigenvalue weighted by Crippen LogP contribution is -2.14.